The molecule has 0 aliphatic carbocycles. The monoisotopic (exact) mass is 306 g/mol. The molecule has 0 radical (unpaired) electrons. The molecule has 23 heavy (non-hydrogen) atoms. The summed E-state index contributed by atoms with van der Waals surface area (Å²) in [6.07, 6.45) is 0. The Morgan fingerprint density at radius 2 is 1.83 bits per heavy atom. The first-order valence-corrected chi connectivity index (χ1v) is 7.92. The summed E-state index contributed by atoms with van der Waals surface area (Å²) in [6.45, 7) is 6.83. The Bertz CT molecular complexity index is 800. The number of aryl methyl sites for hydroxylation is 1. The normalized spacial score (nSPS) is 11.2. The van der Waals surface area contributed by atoms with Crippen molar-refractivity contribution in [3.63, 3.8) is 0 Å². The quantitative estimate of drug-likeness (QED) is 0.797. The zero-order chi connectivity index (χ0) is 16.4. The van der Waals surface area contributed by atoms with Gasteiger partial charge >= 0.3 is 0 Å². The fourth-order valence-corrected chi connectivity index (χ4v) is 2.71. The molecule has 1 aromatic heterocycles. The number of nitrogens with two attached hydrogens (primary N) is 1. The van der Waals surface area contributed by atoms with E-state index in [-0.39, 0.29) is 0 Å². The van der Waals surface area contributed by atoms with Gasteiger partial charge in [0.05, 0.1) is 11.4 Å². The number of hydrogen-bond acceptors (Lipinski definition) is 3. The van der Waals surface area contributed by atoms with Gasteiger partial charge in [0.1, 0.15) is 5.69 Å². The largest absolute Gasteiger partial charge is 0.325 e. The highest BCUT2D eigenvalue weighted by atomic mass is 15.4. The van der Waals surface area contributed by atoms with E-state index in [9.17, 15) is 0 Å². The second kappa shape index (κ2) is 6.34. The molecule has 0 fully saturated rings. The molecule has 0 saturated carbocycles. The molecule has 4 nitrogen and oxygen atoms in total. The fraction of sp³-hybridized carbons (Fsp3) is 0.263. The first-order chi connectivity index (χ1) is 11.1. The number of benzene rings is 2. The van der Waals surface area contributed by atoms with Gasteiger partial charge in [-0.25, -0.2) is 4.68 Å². The van der Waals surface area contributed by atoms with E-state index in [1.807, 2.05) is 10.7 Å². The molecule has 4 heteroatoms. The van der Waals surface area contributed by atoms with Gasteiger partial charge in [0.15, 0.2) is 0 Å². The summed E-state index contributed by atoms with van der Waals surface area (Å²) >= 11 is 0. The summed E-state index contributed by atoms with van der Waals surface area (Å²) < 4.78 is 1.88. The third-order valence-corrected chi connectivity index (χ3v) is 4.03. The van der Waals surface area contributed by atoms with E-state index in [2.05, 4.69) is 73.5 Å². The number of nitrogens with zero attached hydrogens (tertiary/aromatic N) is 3. The Labute approximate surface area is 137 Å². The zero-order valence-electron chi connectivity index (χ0n) is 13.8. The van der Waals surface area contributed by atoms with Crippen molar-refractivity contribution >= 4 is 0 Å². The van der Waals surface area contributed by atoms with Crippen molar-refractivity contribution in [2.45, 2.75) is 33.2 Å². The van der Waals surface area contributed by atoms with Gasteiger partial charge in [0, 0.05) is 12.1 Å². The Kier molecular flexibility index (Phi) is 4.26. The maximum absolute atomic E-state index is 5.87. The van der Waals surface area contributed by atoms with Crippen LogP contribution in [0.5, 0.6) is 0 Å². The van der Waals surface area contributed by atoms with Crippen LogP contribution in [-0.4, -0.2) is 15.0 Å². The van der Waals surface area contributed by atoms with E-state index in [0.29, 0.717) is 12.5 Å². The lowest BCUT2D eigenvalue weighted by Crippen LogP contribution is -2.03. The maximum Gasteiger partial charge on any atom is 0.105 e. The number of rotatable bonds is 4. The zero-order valence-corrected chi connectivity index (χ0v) is 13.8. The molecule has 0 saturated heterocycles. The fourth-order valence-electron chi connectivity index (χ4n) is 2.71. The molecule has 0 aliphatic heterocycles. The van der Waals surface area contributed by atoms with Crippen LogP contribution in [0.4, 0.5) is 0 Å². The standard InChI is InChI=1S/C19H22N4/c1-13(2)15-7-9-17(10-8-15)23-19(18(12-20)21-22-23)16-6-4-5-14(3)11-16/h4-11,13H,12,20H2,1-3H3. The third kappa shape index (κ3) is 3.03. The Hall–Kier alpha value is -2.46. The maximum atomic E-state index is 5.87. The van der Waals surface area contributed by atoms with Crippen LogP contribution in [0.15, 0.2) is 48.5 Å². The number of aromatic nitrogens is 3. The van der Waals surface area contributed by atoms with Crippen molar-refractivity contribution in [2.24, 2.45) is 5.73 Å². The van der Waals surface area contributed by atoms with Crippen LogP contribution in [0.3, 0.4) is 0 Å². The van der Waals surface area contributed by atoms with Crippen molar-refractivity contribution in [3.05, 3.63) is 65.4 Å². The summed E-state index contributed by atoms with van der Waals surface area (Å²) in [6, 6.07) is 16.8. The average molecular weight is 306 g/mol. The van der Waals surface area contributed by atoms with E-state index in [1.165, 1.54) is 11.1 Å². The minimum absolute atomic E-state index is 0.368. The van der Waals surface area contributed by atoms with Gasteiger partial charge in [-0.05, 0) is 36.6 Å². The summed E-state index contributed by atoms with van der Waals surface area (Å²) in [7, 11) is 0. The van der Waals surface area contributed by atoms with Gasteiger partial charge in [-0.3, -0.25) is 0 Å². The molecule has 1 heterocycles. The molecule has 0 amide bonds. The lowest BCUT2D eigenvalue weighted by molar-refractivity contribution is 0.797. The molecular weight excluding hydrogens is 284 g/mol. The van der Waals surface area contributed by atoms with Gasteiger partial charge in [-0.1, -0.05) is 55.0 Å². The highest BCUT2D eigenvalue weighted by Gasteiger charge is 2.15. The van der Waals surface area contributed by atoms with Crippen LogP contribution in [0.2, 0.25) is 0 Å². The second-order valence-electron chi connectivity index (χ2n) is 6.12. The van der Waals surface area contributed by atoms with Crippen molar-refractivity contribution in [2.75, 3.05) is 0 Å². The molecular formula is C19H22N4. The molecule has 3 rings (SSSR count). The molecule has 0 aliphatic rings. The highest BCUT2D eigenvalue weighted by Crippen LogP contribution is 2.26. The molecule has 2 N–H and O–H groups in total. The third-order valence-electron chi connectivity index (χ3n) is 4.03. The molecule has 2 aromatic carbocycles. The van der Waals surface area contributed by atoms with Crippen LogP contribution in [0, 0.1) is 6.92 Å². The van der Waals surface area contributed by atoms with Crippen molar-refractivity contribution in [1.82, 2.24) is 15.0 Å². The lowest BCUT2D eigenvalue weighted by atomic mass is 10.0. The Morgan fingerprint density at radius 3 is 2.43 bits per heavy atom. The molecule has 118 valence electrons. The van der Waals surface area contributed by atoms with Crippen molar-refractivity contribution in [3.8, 4) is 16.9 Å². The first kappa shape index (κ1) is 15.4. The molecule has 0 atom stereocenters. The Morgan fingerprint density at radius 1 is 1.09 bits per heavy atom. The highest BCUT2D eigenvalue weighted by molar-refractivity contribution is 5.65. The lowest BCUT2D eigenvalue weighted by Gasteiger charge is -2.10. The summed E-state index contributed by atoms with van der Waals surface area (Å²) in [5.74, 6) is 0.510. The smallest absolute Gasteiger partial charge is 0.105 e. The van der Waals surface area contributed by atoms with Crippen LogP contribution in [0.25, 0.3) is 16.9 Å². The van der Waals surface area contributed by atoms with Gasteiger partial charge in [-0.2, -0.15) is 0 Å². The van der Waals surface area contributed by atoms with Crippen LogP contribution >= 0.6 is 0 Å². The van der Waals surface area contributed by atoms with E-state index < -0.39 is 0 Å². The SMILES string of the molecule is Cc1cccc(-c2c(CN)nnn2-c2ccc(C(C)C)cc2)c1. The van der Waals surface area contributed by atoms with Gasteiger partial charge in [0.2, 0.25) is 0 Å². The summed E-state index contributed by atoms with van der Waals surface area (Å²) in [4.78, 5) is 0. The summed E-state index contributed by atoms with van der Waals surface area (Å²) in [5.41, 5.74) is 12.2. The van der Waals surface area contributed by atoms with Gasteiger partial charge < -0.3 is 5.73 Å². The average Bonchev–Trinajstić information content (AvgIpc) is 2.99. The number of hydrogen-bond donors (Lipinski definition) is 1. The van der Waals surface area contributed by atoms with Gasteiger partial charge in [0.25, 0.3) is 0 Å². The van der Waals surface area contributed by atoms with Crippen LogP contribution in [-0.2, 0) is 6.54 Å². The second-order valence-corrected chi connectivity index (χ2v) is 6.12. The van der Waals surface area contributed by atoms with E-state index in [1.54, 1.807) is 0 Å². The van der Waals surface area contributed by atoms with Crippen LogP contribution in [0.1, 0.15) is 36.6 Å². The minimum Gasteiger partial charge on any atom is -0.325 e. The van der Waals surface area contributed by atoms with Crippen molar-refractivity contribution in [1.29, 1.82) is 0 Å². The van der Waals surface area contributed by atoms with Gasteiger partial charge in [-0.15, -0.1) is 5.10 Å². The molecule has 3 aromatic rings. The molecule has 0 spiro atoms. The van der Waals surface area contributed by atoms with Crippen LogP contribution < -0.4 is 5.73 Å². The first-order valence-electron chi connectivity index (χ1n) is 7.92. The van der Waals surface area contributed by atoms with E-state index >= 15 is 0 Å². The minimum atomic E-state index is 0.368. The molecule has 0 bridgehead atoms. The van der Waals surface area contributed by atoms with Crippen molar-refractivity contribution < 1.29 is 0 Å². The summed E-state index contributed by atoms with van der Waals surface area (Å²) in [5, 5.41) is 8.59. The predicted molar refractivity (Wildman–Crippen MR) is 93.5 cm³/mol. The topological polar surface area (TPSA) is 56.7 Å². The van der Waals surface area contributed by atoms with E-state index in [0.717, 1.165) is 22.6 Å². The molecule has 0 unspecified atom stereocenters. The van der Waals surface area contributed by atoms with E-state index in [4.69, 9.17) is 5.73 Å². The predicted octanol–water partition coefficient (Wildman–Crippen LogP) is 3.82. The Balaban J connectivity index is 2.11.